The summed E-state index contributed by atoms with van der Waals surface area (Å²) in [6, 6.07) is 9.72. The number of benzene rings is 2. The summed E-state index contributed by atoms with van der Waals surface area (Å²) >= 11 is 0. The molecule has 0 bridgehead atoms. The summed E-state index contributed by atoms with van der Waals surface area (Å²) in [7, 11) is 1.42. The third-order valence-corrected chi connectivity index (χ3v) is 5.60. The van der Waals surface area contributed by atoms with Gasteiger partial charge in [0.1, 0.15) is 11.8 Å². The zero-order valence-electron chi connectivity index (χ0n) is 17.1. The Morgan fingerprint density at radius 3 is 2.18 bits per heavy atom. The van der Waals surface area contributed by atoms with Gasteiger partial charge in [-0.3, -0.25) is 4.98 Å². The fourth-order valence-corrected chi connectivity index (χ4v) is 3.97. The molecule has 1 aliphatic heterocycles. The molecular weight excluding hydrogens is 453 g/mol. The van der Waals surface area contributed by atoms with Gasteiger partial charge in [0.15, 0.2) is 0 Å². The van der Waals surface area contributed by atoms with Crippen LogP contribution in [0, 0.1) is 0 Å². The van der Waals surface area contributed by atoms with Crippen molar-refractivity contribution in [2.24, 2.45) is 0 Å². The van der Waals surface area contributed by atoms with E-state index in [-0.39, 0.29) is 11.2 Å². The molecular formula is C23H17F7N2O. The average molecular weight is 470 g/mol. The van der Waals surface area contributed by atoms with Crippen LogP contribution in [0.15, 0.2) is 60.8 Å². The lowest BCUT2D eigenvalue weighted by Crippen LogP contribution is -2.65. The van der Waals surface area contributed by atoms with Crippen LogP contribution in [0.1, 0.15) is 11.1 Å². The molecule has 0 spiro atoms. The number of methoxy groups -OCH3 is 1. The number of hydrogen-bond acceptors (Lipinski definition) is 3. The van der Waals surface area contributed by atoms with Gasteiger partial charge in [-0.2, -0.15) is 26.3 Å². The first-order valence-corrected chi connectivity index (χ1v) is 9.75. The van der Waals surface area contributed by atoms with Gasteiger partial charge < -0.3 is 9.64 Å². The van der Waals surface area contributed by atoms with E-state index in [4.69, 9.17) is 4.74 Å². The SMILES string of the molecule is COc1ccc(CN2c3c(ccc4cccnc34)C=CC2C(F)(C(F)(F)F)C(F)(F)F)cc1. The number of ether oxygens (including phenoxy) is 1. The molecule has 0 aliphatic carbocycles. The summed E-state index contributed by atoms with van der Waals surface area (Å²) in [4.78, 5) is 4.96. The number of hydrogen-bond donors (Lipinski definition) is 0. The maximum absolute atomic E-state index is 15.3. The standard InChI is InChI=1S/C23H17F7N2O/c1-33-17-9-4-14(5-10-17)13-32-18(21(24,22(25,26)27)23(28,29)30)11-8-16-7-6-15-3-2-12-31-19(15)20(16)32/h2-12,18H,13H2,1H3. The van der Waals surface area contributed by atoms with Gasteiger partial charge in [0, 0.05) is 18.1 Å². The molecule has 174 valence electrons. The van der Waals surface area contributed by atoms with Crippen LogP contribution in [-0.2, 0) is 6.54 Å². The van der Waals surface area contributed by atoms with E-state index in [1.165, 1.54) is 37.6 Å². The number of nitrogens with zero attached hydrogens (tertiary/aromatic N) is 2. The van der Waals surface area contributed by atoms with Crippen LogP contribution in [0.4, 0.5) is 36.4 Å². The van der Waals surface area contributed by atoms with Gasteiger partial charge in [0.05, 0.1) is 18.3 Å². The number of aromatic nitrogens is 1. The van der Waals surface area contributed by atoms with Gasteiger partial charge in [-0.15, -0.1) is 0 Å². The molecule has 0 amide bonds. The normalized spacial score (nSPS) is 16.7. The maximum Gasteiger partial charge on any atom is 0.434 e. The third-order valence-electron chi connectivity index (χ3n) is 5.60. The van der Waals surface area contributed by atoms with Crippen LogP contribution in [-0.4, -0.2) is 36.2 Å². The highest BCUT2D eigenvalue weighted by Gasteiger charge is 2.77. The second-order valence-corrected chi connectivity index (χ2v) is 7.57. The van der Waals surface area contributed by atoms with Crippen LogP contribution in [0.3, 0.4) is 0 Å². The van der Waals surface area contributed by atoms with E-state index in [2.05, 4.69) is 4.98 Å². The summed E-state index contributed by atoms with van der Waals surface area (Å²) < 4.78 is 103. The van der Waals surface area contributed by atoms with Crippen molar-refractivity contribution in [3.8, 4) is 5.75 Å². The second-order valence-electron chi connectivity index (χ2n) is 7.57. The summed E-state index contributed by atoms with van der Waals surface area (Å²) in [5.41, 5.74) is -4.66. The van der Waals surface area contributed by atoms with Crippen LogP contribution < -0.4 is 9.64 Å². The Morgan fingerprint density at radius 2 is 1.58 bits per heavy atom. The molecule has 10 heteroatoms. The molecule has 4 rings (SSSR count). The van der Waals surface area contributed by atoms with Crippen molar-refractivity contribution < 1.29 is 35.5 Å². The van der Waals surface area contributed by atoms with E-state index in [0.717, 1.165) is 11.0 Å². The topological polar surface area (TPSA) is 25.4 Å². The Hall–Kier alpha value is -3.30. The number of pyridine rings is 1. The Balaban J connectivity index is 1.94. The molecule has 0 N–H and O–H groups in total. The van der Waals surface area contributed by atoms with Crippen LogP contribution in [0.2, 0.25) is 0 Å². The van der Waals surface area contributed by atoms with Gasteiger partial charge in [0.2, 0.25) is 0 Å². The predicted octanol–water partition coefficient (Wildman–Crippen LogP) is 6.48. The Kier molecular flexibility index (Phi) is 5.50. The zero-order valence-corrected chi connectivity index (χ0v) is 17.1. The monoisotopic (exact) mass is 470 g/mol. The molecule has 3 nitrogen and oxygen atoms in total. The first-order valence-electron chi connectivity index (χ1n) is 9.75. The molecule has 0 fully saturated rings. The van der Waals surface area contributed by atoms with Crippen LogP contribution in [0.25, 0.3) is 17.0 Å². The molecule has 1 unspecified atom stereocenters. The van der Waals surface area contributed by atoms with E-state index < -0.39 is 30.6 Å². The van der Waals surface area contributed by atoms with E-state index >= 15 is 4.39 Å². The van der Waals surface area contributed by atoms with Crippen LogP contribution in [0.5, 0.6) is 5.75 Å². The minimum absolute atomic E-state index is 0.00746. The van der Waals surface area contributed by atoms with Crippen molar-refractivity contribution in [3.63, 3.8) is 0 Å². The number of anilines is 1. The molecule has 2 heterocycles. The Bertz CT molecular complexity index is 1170. The number of alkyl halides is 7. The number of fused-ring (bicyclic) bond motifs is 3. The minimum Gasteiger partial charge on any atom is -0.497 e. The smallest absolute Gasteiger partial charge is 0.434 e. The highest BCUT2D eigenvalue weighted by Crippen LogP contribution is 2.52. The lowest BCUT2D eigenvalue weighted by molar-refractivity contribution is -0.344. The first-order chi connectivity index (χ1) is 15.5. The largest absolute Gasteiger partial charge is 0.497 e. The van der Waals surface area contributed by atoms with Crippen molar-refractivity contribution in [3.05, 3.63) is 71.9 Å². The summed E-state index contributed by atoms with van der Waals surface area (Å²) in [5.74, 6) is 0.451. The molecule has 33 heavy (non-hydrogen) atoms. The van der Waals surface area contributed by atoms with Crippen molar-refractivity contribution in [2.75, 3.05) is 12.0 Å². The minimum atomic E-state index is -6.21. The van der Waals surface area contributed by atoms with Crippen molar-refractivity contribution >= 4 is 22.7 Å². The second kappa shape index (κ2) is 7.93. The highest BCUT2D eigenvalue weighted by molar-refractivity contribution is 5.97. The lowest BCUT2D eigenvalue weighted by atomic mass is 9.87. The van der Waals surface area contributed by atoms with Gasteiger partial charge >= 0.3 is 18.0 Å². The quantitative estimate of drug-likeness (QED) is 0.408. The third kappa shape index (κ3) is 3.77. The van der Waals surface area contributed by atoms with Crippen LogP contribution >= 0.6 is 0 Å². The van der Waals surface area contributed by atoms with Crippen molar-refractivity contribution in [1.29, 1.82) is 0 Å². The van der Waals surface area contributed by atoms with E-state index in [1.54, 1.807) is 24.3 Å². The van der Waals surface area contributed by atoms with Gasteiger partial charge in [0.25, 0.3) is 0 Å². The zero-order chi connectivity index (χ0) is 24.0. The Morgan fingerprint density at radius 1 is 0.909 bits per heavy atom. The molecule has 1 aromatic heterocycles. The molecule has 1 atom stereocenters. The van der Waals surface area contributed by atoms with Gasteiger partial charge in [-0.25, -0.2) is 4.39 Å². The molecule has 2 aromatic carbocycles. The fraction of sp³-hybridized carbons (Fsp3) is 0.261. The molecule has 1 aliphatic rings. The van der Waals surface area contributed by atoms with Gasteiger partial charge in [-0.05, 0) is 29.3 Å². The van der Waals surface area contributed by atoms with E-state index in [9.17, 15) is 26.3 Å². The van der Waals surface area contributed by atoms with Crippen molar-refractivity contribution in [2.45, 2.75) is 30.6 Å². The summed E-state index contributed by atoms with van der Waals surface area (Å²) in [6.07, 6.45) is -9.37. The van der Waals surface area contributed by atoms with E-state index in [0.29, 0.717) is 28.3 Å². The molecule has 0 saturated carbocycles. The average Bonchev–Trinajstić information content (AvgIpc) is 2.77. The molecule has 3 aromatic rings. The summed E-state index contributed by atoms with van der Waals surface area (Å²) in [6.45, 7) is -0.431. The molecule has 0 radical (unpaired) electrons. The molecule has 0 saturated heterocycles. The predicted molar refractivity (Wildman–Crippen MR) is 110 cm³/mol. The maximum atomic E-state index is 15.3. The number of halogens is 7. The highest BCUT2D eigenvalue weighted by atomic mass is 19.4. The van der Waals surface area contributed by atoms with Crippen molar-refractivity contribution in [1.82, 2.24) is 4.98 Å². The van der Waals surface area contributed by atoms with E-state index in [1.807, 2.05) is 0 Å². The summed E-state index contributed by atoms with van der Waals surface area (Å²) in [5, 5.41) is 0.494. The fourth-order valence-electron chi connectivity index (χ4n) is 3.97. The number of rotatable bonds is 4. The Labute approximate surface area is 184 Å². The van der Waals surface area contributed by atoms with Gasteiger partial charge in [-0.1, -0.05) is 42.5 Å². The first kappa shape index (κ1) is 22.9. The lowest BCUT2D eigenvalue weighted by Gasteiger charge is -2.44.